The Bertz CT molecular complexity index is 394. The Morgan fingerprint density at radius 1 is 1.44 bits per heavy atom. The molecule has 18 heavy (non-hydrogen) atoms. The van der Waals surface area contributed by atoms with Crippen LogP contribution in [0.5, 0.6) is 5.75 Å². The minimum atomic E-state index is -0.634. The van der Waals surface area contributed by atoms with Gasteiger partial charge in [-0.1, -0.05) is 6.92 Å². The highest BCUT2D eigenvalue weighted by atomic mass is 16.5. The molecular weight excluding hydrogens is 230 g/mol. The number of ether oxygens (including phenoxy) is 2. The maximum absolute atomic E-state index is 10.3. The van der Waals surface area contributed by atoms with Crippen LogP contribution in [0.4, 0.5) is 0 Å². The molecule has 1 fully saturated rings. The van der Waals surface area contributed by atoms with Crippen molar-refractivity contribution >= 4 is 0 Å². The lowest BCUT2D eigenvalue weighted by Gasteiger charge is -2.22. The quantitative estimate of drug-likeness (QED) is 0.892. The summed E-state index contributed by atoms with van der Waals surface area (Å²) in [5.74, 6) is 1.06. The van der Waals surface area contributed by atoms with Crippen molar-refractivity contribution in [1.82, 2.24) is 4.98 Å². The summed E-state index contributed by atoms with van der Waals surface area (Å²) >= 11 is 0. The SMILES string of the molecule is CC(C)Oc1cncc(C(O)C2OCCC2C)c1. The van der Waals surface area contributed by atoms with Crippen LogP contribution in [0.2, 0.25) is 0 Å². The molecule has 1 N–H and O–H groups in total. The van der Waals surface area contributed by atoms with Crippen LogP contribution in [0.15, 0.2) is 18.5 Å². The Morgan fingerprint density at radius 2 is 2.22 bits per heavy atom. The minimum absolute atomic E-state index is 0.0980. The third kappa shape index (κ3) is 3.00. The molecule has 1 aliphatic rings. The molecule has 0 aliphatic carbocycles. The second-order valence-electron chi connectivity index (χ2n) is 5.17. The summed E-state index contributed by atoms with van der Waals surface area (Å²) in [6.45, 7) is 6.75. The minimum Gasteiger partial charge on any atom is -0.489 e. The molecule has 1 saturated heterocycles. The number of aliphatic hydroxyl groups is 1. The predicted octanol–water partition coefficient (Wildman–Crippen LogP) is 2.33. The van der Waals surface area contributed by atoms with Crippen molar-refractivity contribution < 1.29 is 14.6 Å². The van der Waals surface area contributed by atoms with Crippen molar-refractivity contribution in [1.29, 1.82) is 0 Å². The molecule has 0 amide bonds. The van der Waals surface area contributed by atoms with Gasteiger partial charge in [-0.15, -0.1) is 0 Å². The van der Waals surface area contributed by atoms with Gasteiger partial charge in [-0.05, 0) is 32.3 Å². The van der Waals surface area contributed by atoms with Gasteiger partial charge in [0, 0.05) is 18.4 Å². The lowest BCUT2D eigenvalue weighted by molar-refractivity contribution is -0.0180. The number of rotatable bonds is 4. The van der Waals surface area contributed by atoms with Crippen LogP contribution in [0.25, 0.3) is 0 Å². The molecule has 1 aromatic heterocycles. The normalized spacial score (nSPS) is 25.4. The van der Waals surface area contributed by atoms with Gasteiger partial charge in [0.1, 0.15) is 11.9 Å². The van der Waals surface area contributed by atoms with Crippen molar-refractivity contribution in [3.63, 3.8) is 0 Å². The van der Waals surface area contributed by atoms with Crippen LogP contribution < -0.4 is 4.74 Å². The average Bonchev–Trinajstić information content (AvgIpc) is 2.74. The fourth-order valence-corrected chi connectivity index (χ4v) is 2.24. The summed E-state index contributed by atoms with van der Waals surface area (Å²) in [4.78, 5) is 4.11. The zero-order chi connectivity index (χ0) is 13.1. The van der Waals surface area contributed by atoms with Crippen LogP contribution in [-0.4, -0.2) is 28.9 Å². The van der Waals surface area contributed by atoms with Gasteiger partial charge in [-0.3, -0.25) is 4.98 Å². The van der Waals surface area contributed by atoms with E-state index in [0.29, 0.717) is 11.7 Å². The lowest BCUT2D eigenvalue weighted by atomic mass is 9.95. The Kier molecular flexibility index (Phi) is 4.19. The number of aliphatic hydroxyl groups excluding tert-OH is 1. The summed E-state index contributed by atoms with van der Waals surface area (Å²) in [6, 6.07) is 1.84. The highest BCUT2D eigenvalue weighted by molar-refractivity contribution is 5.26. The zero-order valence-corrected chi connectivity index (χ0v) is 11.2. The Morgan fingerprint density at radius 3 is 2.83 bits per heavy atom. The molecule has 1 aromatic rings. The smallest absolute Gasteiger partial charge is 0.138 e. The van der Waals surface area contributed by atoms with Crippen LogP contribution in [0.3, 0.4) is 0 Å². The Hall–Kier alpha value is -1.13. The summed E-state index contributed by atoms with van der Waals surface area (Å²) in [5, 5.41) is 10.3. The third-order valence-electron chi connectivity index (χ3n) is 3.20. The van der Waals surface area contributed by atoms with E-state index < -0.39 is 6.10 Å². The monoisotopic (exact) mass is 251 g/mol. The summed E-state index contributed by atoms with van der Waals surface area (Å²) < 4.78 is 11.2. The Labute approximate surface area is 108 Å². The molecular formula is C14H21NO3. The number of hydrogen-bond acceptors (Lipinski definition) is 4. The van der Waals surface area contributed by atoms with E-state index in [1.807, 2.05) is 19.9 Å². The average molecular weight is 251 g/mol. The van der Waals surface area contributed by atoms with Gasteiger partial charge < -0.3 is 14.6 Å². The zero-order valence-electron chi connectivity index (χ0n) is 11.2. The van der Waals surface area contributed by atoms with Crippen LogP contribution in [0, 0.1) is 5.92 Å². The second kappa shape index (κ2) is 5.67. The first-order valence-corrected chi connectivity index (χ1v) is 6.49. The predicted molar refractivity (Wildman–Crippen MR) is 68.5 cm³/mol. The molecule has 3 unspecified atom stereocenters. The van der Waals surface area contributed by atoms with Crippen LogP contribution >= 0.6 is 0 Å². The maximum atomic E-state index is 10.3. The second-order valence-corrected chi connectivity index (χ2v) is 5.17. The number of hydrogen-bond donors (Lipinski definition) is 1. The first-order chi connectivity index (χ1) is 8.58. The van der Waals surface area contributed by atoms with E-state index in [-0.39, 0.29) is 12.2 Å². The topological polar surface area (TPSA) is 51.6 Å². The molecule has 4 nitrogen and oxygen atoms in total. The van der Waals surface area contributed by atoms with Crippen molar-refractivity contribution in [2.75, 3.05) is 6.61 Å². The highest BCUT2D eigenvalue weighted by Gasteiger charge is 2.32. The summed E-state index contributed by atoms with van der Waals surface area (Å²) in [6.07, 6.45) is 3.66. The molecule has 1 aliphatic heterocycles. The lowest BCUT2D eigenvalue weighted by Crippen LogP contribution is -2.23. The molecule has 3 atom stereocenters. The molecule has 4 heteroatoms. The third-order valence-corrected chi connectivity index (χ3v) is 3.20. The van der Waals surface area contributed by atoms with E-state index in [4.69, 9.17) is 9.47 Å². The fourth-order valence-electron chi connectivity index (χ4n) is 2.24. The van der Waals surface area contributed by atoms with Gasteiger partial charge in [0.15, 0.2) is 0 Å². The molecule has 100 valence electrons. The first-order valence-electron chi connectivity index (χ1n) is 6.49. The molecule has 2 heterocycles. The van der Waals surface area contributed by atoms with E-state index >= 15 is 0 Å². The van der Waals surface area contributed by atoms with Crippen molar-refractivity contribution in [2.24, 2.45) is 5.92 Å². The van der Waals surface area contributed by atoms with Gasteiger partial charge >= 0.3 is 0 Å². The van der Waals surface area contributed by atoms with Crippen molar-refractivity contribution in [3.8, 4) is 5.75 Å². The highest BCUT2D eigenvalue weighted by Crippen LogP contribution is 2.31. The van der Waals surface area contributed by atoms with E-state index in [0.717, 1.165) is 18.6 Å². The summed E-state index contributed by atoms with van der Waals surface area (Å²) in [5.41, 5.74) is 0.756. The number of aromatic nitrogens is 1. The van der Waals surface area contributed by atoms with Gasteiger partial charge in [0.2, 0.25) is 0 Å². The number of nitrogens with zero attached hydrogens (tertiary/aromatic N) is 1. The largest absolute Gasteiger partial charge is 0.489 e. The van der Waals surface area contributed by atoms with Crippen molar-refractivity contribution in [3.05, 3.63) is 24.0 Å². The van der Waals surface area contributed by atoms with E-state index in [2.05, 4.69) is 11.9 Å². The van der Waals surface area contributed by atoms with Crippen LogP contribution in [0.1, 0.15) is 38.9 Å². The van der Waals surface area contributed by atoms with Gasteiger partial charge in [-0.25, -0.2) is 0 Å². The van der Waals surface area contributed by atoms with Crippen LogP contribution in [-0.2, 0) is 4.74 Å². The molecule has 0 saturated carbocycles. The molecule has 0 spiro atoms. The van der Waals surface area contributed by atoms with E-state index in [1.54, 1.807) is 12.4 Å². The van der Waals surface area contributed by atoms with Gasteiger partial charge in [-0.2, -0.15) is 0 Å². The molecule has 0 radical (unpaired) electrons. The molecule has 2 rings (SSSR count). The maximum Gasteiger partial charge on any atom is 0.138 e. The summed E-state index contributed by atoms with van der Waals surface area (Å²) in [7, 11) is 0. The fraction of sp³-hybridized carbons (Fsp3) is 0.643. The van der Waals surface area contributed by atoms with E-state index in [9.17, 15) is 5.11 Å². The van der Waals surface area contributed by atoms with Gasteiger partial charge in [0.25, 0.3) is 0 Å². The molecule has 0 bridgehead atoms. The van der Waals surface area contributed by atoms with Gasteiger partial charge in [0.05, 0.1) is 18.4 Å². The molecule has 0 aromatic carbocycles. The number of pyridine rings is 1. The van der Waals surface area contributed by atoms with E-state index in [1.165, 1.54) is 0 Å². The standard InChI is InChI=1S/C14H21NO3/c1-9(2)18-12-6-11(7-15-8-12)13(16)14-10(3)4-5-17-14/h6-10,13-14,16H,4-5H2,1-3H3. The Balaban J connectivity index is 2.12. The van der Waals surface area contributed by atoms with Crippen molar-refractivity contribution in [2.45, 2.75) is 45.5 Å². The first kappa shape index (κ1) is 13.3.